The molecular weight excluding hydrogens is 338 g/mol. The first-order valence-electron chi connectivity index (χ1n) is 7.17. The van der Waals surface area contributed by atoms with Crippen LogP contribution >= 0.6 is 0 Å². The number of hydrogen-bond acceptors (Lipinski definition) is 8. The van der Waals surface area contributed by atoms with E-state index >= 15 is 0 Å². The van der Waals surface area contributed by atoms with Gasteiger partial charge in [0.15, 0.2) is 0 Å². The van der Waals surface area contributed by atoms with E-state index in [1.54, 1.807) is 24.3 Å². The van der Waals surface area contributed by atoms with Gasteiger partial charge in [-0.3, -0.25) is 20.3 Å². The molecule has 0 spiro atoms. The summed E-state index contributed by atoms with van der Waals surface area (Å²) < 4.78 is 0. The first-order chi connectivity index (χ1) is 12.5. The minimum absolute atomic E-state index is 0.0556. The fourth-order valence-corrected chi connectivity index (χ4v) is 1.98. The summed E-state index contributed by atoms with van der Waals surface area (Å²) in [6.45, 7) is -0.174. The summed E-state index contributed by atoms with van der Waals surface area (Å²) in [6, 6.07) is 12.9. The Balaban J connectivity index is 2.27. The number of nitriles is 2. The summed E-state index contributed by atoms with van der Waals surface area (Å²) in [6.07, 6.45) is 0. The second kappa shape index (κ2) is 8.15. The normalized spacial score (nSPS) is 10.5. The molecule has 2 rings (SSSR count). The molecule has 0 radical (unpaired) electrons. The molecule has 26 heavy (non-hydrogen) atoms. The number of rotatable bonds is 6. The topological polar surface area (TPSA) is 152 Å². The quantitative estimate of drug-likeness (QED) is 0.350. The molecule has 0 bridgehead atoms. The van der Waals surface area contributed by atoms with Crippen LogP contribution in [0.1, 0.15) is 21.5 Å². The lowest BCUT2D eigenvalue weighted by Gasteiger charge is -2.04. The fourth-order valence-electron chi connectivity index (χ4n) is 1.98. The zero-order valence-electron chi connectivity index (χ0n) is 13.2. The lowest BCUT2D eigenvalue weighted by molar-refractivity contribution is -0.384. The van der Waals surface area contributed by atoms with Gasteiger partial charge in [-0.05, 0) is 11.6 Å². The summed E-state index contributed by atoms with van der Waals surface area (Å²) in [5, 5.41) is 41.6. The number of ketones is 1. The molecule has 128 valence electrons. The van der Waals surface area contributed by atoms with Crippen molar-refractivity contribution in [2.24, 2.45) is 5.10 Å². The van der Waals surface area contributed by atoms with Crippen molar-refractivity contribution in [3.8, 4) is 12.1 Å². The van der Waals surface area contributed by atoms with Crippen LogP contribution in [0.2, 0.25) is 0 Å². The van der Waals surface area contributed by atoms with Crippen LogP contribution in [0.15, 0.2) is 47.6 Å². The van der Waals surface area contributed by atoms with E-state index in [1.807, 2.05) is 0 Å². The number of aliphatic hydroxyl groups is 1. The zero-order valence-corrected chi connectivity index (χ0v) is 13.2. The summed E-state index contributed by atoms with van der Waals surface area (Å²) in [5.41, 5.74) is 2.57. The van der Waals surface area contributed by atoms with Crippen LogP contribution in [-0.4, -0.2) is 21.5 Å². The molecule has 0 saturated carbocycles. The van der Waals surface area contributed by atoms with Crippen molar-refractivity contribution in [2.45, 2.75) is 6.61 Å². The number of Topliss-reactive ketones (excluding diaryl/α,β-unsaturated/α-hetero) is 1. The van der Waals surface area contributed by atoms with Crippen LogP contribution in [0.25, 0.3) is 0 Å². The molecular formula is C17H11N5O4. The van der Waals surface area contributed by atoms with Crippen LogP contribution in [0.3, 0.4) is 0 Å². The second-order valence-electron chi connectivity index (χ2n) is 4.97. The van der Waals surface area contributed by atoms with Gasteiger partial charge in [-0.1, -0.05) is 24.3 Å². The Labute approximate surface area is 147 Å². The largest absolute Gasteiger partial charge is 0.392 e. The maximum Gasteiger partial charge on any atom is 0.270 e. The maximum absolute atomic E-state index is 12.3. The second-order valence-corrected chi connectivity index (χ2v) is 4.97. The Morgan fingerprint density at radius 3 is 2.46 bits per heavy atom. The van der Waals surface area contributed by atoms with Crippen LogP contribution in [0.5, 0.6) is 0 Å². The third kappa shape index (κ3) is 4.06. The van der Waals surface area contributed by atoms with Crippen molar-refractivity contribution in [3.63, 3.8) is 0 Å². The molecule has 2 aromatic carbocycles. The minimum atomic E-state index is -0.648. The van der Waals surface area contributed by atoms with E-state index in [9.17, 15) is 14.9 Å². The van der Waals surface area contributed by atoms with Gasteiger partial charge < -0.3 is 5.11 Å². The third-order valence-corrected chi connectivity index (χ3v) is 3.34. The highest BCUT2D eigenvalue weighted by Gasteiger charge is 2.15. The Morgan fingerprint density at radius 2 is 1.92 bits per heavy atom. The first kappa shape index (κ1) is 18.3. The summed E-state index contributed by atoms with van der Waals surface area (Å²) in [4.78, 5) is 22.4. The SMILES string of the molecule is N#C/C(=N\Nc1ccc([N+](=O)[O-])cc1C#N)C(=O)c1ccc(CO)cc1. The fraction of sp³-hybridized carbons (Fsp3) is 0.0588. The minimum Gasteiger partial charge on any atom is -0.392 e. The Morgan fingerprint density at radius 1 is 1.23 bits per heavy atom. The highest BCUT2D eigenvalue weighted by Crippen LogP contribution is 2.21. The average Bonchev–Trinajstić information content (AvgIpc) is 2.68. The molecule has 0 aliphatic rings. The number of aliphatic hydroxyl groups excluding tert-OH is 1. The predicted octanol–water partition coefficient (Wildman–Crippen LogP) is 2.13. The molecule has 0 unspecified atom stereocenters. The molecule has 2 N–H and O–H groups in total. The van der Waals surface area contributed by atoms with Gasteiger partial charge in [0, 0.05) is 17.7 Å². The van der Waals surface area contributed by atoms with Gasteiger partial charge >= 0.3 is 0 Å². The van der Waals surface area contributed by atoms with Gasteiger partial charge in [-0.2, -0.15) is 15.6 Å². The highest BCUT2D eigenvalue weighted by atomic mass is 16.6. The van der Waals surface area contributed by atoms with Crippen molar-refractivity contribution in [3.05, 3.63) is 69.3 Å². The number of nitrogens with one attached hydrogen (secondary N) is 1. The Kier molecular flexibility index (Phi) is 5.72. The smallest absolute Gasteiger partial charge is 0.270 e. The third-order valence-electron chi connectivity index (χ3n) is 3.34. The van der Waals surface area contributed by atoms with Crippen molar-refractivity contribution in [2.75, 3.05) is 5.43 Å². The molecule has 9 nitrogen and oxygen atoms in total. The summed E-state index contributed by atoms with van der Waals surface area (Å²) >= 11 is 0. The molecule has 2 aromatic rings. The van der Waals surface area contributed by atoms with E-state index in [1.165, 1.54) is 24.3 Å². The van der Waals surface area contributed by atoms with E-state index in [2.05, 4.69) is 10.5 Å². The summed E-state index contributed by atoms with van der Waals surface area (Å²) in [7, 11) is 0. The molecule has 0 aliphatic carbocycles. The van der Waals surface area contributed by atoms with Crippen molar-refractivity contribution < 1.29 is 14.8 Å². The van der Waals surface area contributed by atoms with E-state index in [0.717, 1.165) is 6.07 Å². The molecule has 0 saturated heterocycles. The predicted molar refractivity (Wildman–Crippen MR) is 91.2 cm³/mol. The first-order valence-corrected chi connectivity index (χ1v) is 7.17. The molecule has 0 amide bonds. The standard InChI is InChI=1S/C17H11N5O4/c18-8-13-7-14(22(25)26)5-6-15(13)20-21-16(9-19)17(24)12-3-1-11(10-23)2-4-12/h1-7,20,23H,10H2/b21-16+. The average molecular weight is 349 g/mol. The van der Waals surface area contributed by atoms with Crippen LogP contribution < -0.4 is 5.43 Å². The van der Waals surface area contributed by atoms with Crippen molar-refractivity contribution in [1.82, 2.24) is 0 Å². The molecule has 0 atom stereocenters. The summed E-state index contributed by atoms with van der Waals surface area (Å²) in [5.74, 6) is -0.648. The van der Waals surface area contributed by atoms with Crippen LogP contribution in [-0.2, 0) is 6.61 Å². The molecule has 0 aliphatic heterocycles. The lowest BCUT2D eigenvalue weighted by Crippen LogP contribution is -2.14. The Hall–Kier alpha value is -4.08. The monoisotopic (exact) mass is 349 g/mol. The number of benzene rings is 2. The number of nitrogens with zero attached hydrogens (tertiary/aromatic N) is 4. The maximum atomic E-state index is 12.3. The molecule has 0 fully saturated rings. The highest BCUT2D eigenvalue weighted by molar-refractivity contribution is 6.51. The number of carbonyl (C=O) groups excluding carboxylic acids is 1. The van der Waals surface area contributed by atoms with E-state index in [-0.39, 0.29) is 29.1 Å². The van der Waals surface area contributed by atoms with Crippen molar-refractivity contribution >= 4 is 22.9 Å². The lowest BCUT2D eigenvalue weighted by atomic mass is 10.1. The number of nitro groups is 1. The molecule has 0 aromatic heterocycles. The molecule has 0 heterocycles. The number of non-ortho nitro benzene ring substituents is 1. The number of carbonyl (C=O) groups is 1. The van der Waals surface area contributed by atoms with Gasteiger partial charge in [0.2, 0.25) is 11.5 Å². The van der Waals surface area contributed by atoms with Gasteiger partial charge in [-0.15, -0.1) is 0 Å². The number of anilines is 1. The van der Waals surface area contributed by atoms with Gasteiger partial charge in [0.25, 0.3) is 5.69 Å². The van der Waals surface area contributed by atoms with E-state index < -0.39 is 16.4 Å². The molecule has 9 heteroatoms. The Bertz CT molecular complexity index is 968. The van der Waals surface area contributed by atoms with E-state index in [4.69, 9.17) is 15.6 Å². The van der Waals surface area contributed by atoms with Gasteiger partial charge in [0.05, 0.1) is 22.8 Å². The van der Waals surface area contributed by atoms with Crippen LogP contribution in [0.4, 0.5) is 11.4 Å². The number of hydrogen-bond donors (Lipinski definition) is 2. The number of hydrazone groups is 1. The van der Waals surface area contributed by atoms with Crippen LogP contribution in [0, 0.1) is 32.8 Å². The van der Waals surface area contributed by atoms with E-state index in [0.29, 0.717) is 5.56 Å². The van der Waals surface area contributed by atoms with Gasteiger partial charge in [-0.25, -0.2) is 0 Å². The zero-order chi connectivity index (χ0) is 19.1. The van der Waals surface area contributed by atoms with Crippen molar-refractivity contribution in [1.29, 1.82) is 10.5 Å². The number of nitro benzene ring substituents is 1. The van der Waals surface area contributed by atoms with Gasteiger partial charge in [0.1, 0.15) is 12.1 Å².